The van der Waals surface area contributed by atoms with E-state index in [4.69, 9.17) is 14.2 Å². The third-order valence-corrected chi connectivity index (χ3v) is 19.2. The van der Waals surface area contributed by atoms with Crippen LogP contribution in [-0.2, 0) is 23.8 Å². The minimum Gasteiger partial charge on any atom is -0.466 e. The number of aliphatic hydroxyl groups is 5. The van der Waals surface area contributed by atoms with Gasteiger partial charge in [-0.1, -0.05) is 346 Å². The summed E-state index contributed by atoms with van der Waals surface area (Å²) in [6.45, 7) is 4.36. The van der Waals surface area contributed by atoms with Crippen LogP contribution in [0.4, 0.5) is 0 Å². The van der Waals surface area contributed by atoms with Crippen LogP contribution in [0.15, 0.2) is 36.5 Å². The summed E-state index contributed by atoms with van der Waals surface area (Å²) in [4.78, 5) is 25.2. The van der Waals surface area contributed by atoms with Crippen LogP contribution in [0.3, 0.4) is 0 Å². The summed E-state index contributed by atoms with van der Waals surface area (Å²) in [5.74, 6) is -0.165. The Morgan fingerprint density at radius 1 is 0.391 bits per heavy atom. The summed E-state index contributed by atoms with van der Waals surface area (Å²) in [6.07, 6.45) is 82.0. The highest BCUT2D eigenvalue weighted by molar-refractivity contribution is 5.76. The van der Waals surface area contributed by atoms with E-state index in [1.807, 2.05) is 6.08 Å². The molecule has 1 heterocycles. The second-order valence-electron chi connectivity index (χ2n) is 28.1. The van der Waals surface area contributed by atoms with E-state index in [-0.39, 0.29) is 18.5 Å². The Kier molecular flexibility index (Phi) is 67.1. The minimum absolute atomic E-state index is 0.0130. The third kappa shape index (κ3) is 58.1. The lowest BCUT2D eigenvalue weighted by atomic mass is 9.99. The van der Waals surface area contributed by atoms with Crippen LogP contribution >= 0.6 is 0 Å². The normalized spacial score (nSPS) is 17.7. The van der Waals surface area contributed by atoms with Crippen LogP contribution in [0, 0.1) is 0 Å². The monoisotopic (exact) mass is 1300 g/mol. The number of esters is 1. The summed E-state index contributed by atoms with van der Waals surface area (Å²) in [6, 6.07) is -0.805. The van der Waals surface area contributed by atoms with Crippen molar-refractivity contribution in [2.24, 2.45) is 0 Å². The van der Waals surface area contributed by atoms with Crippen molar-refractivity contribution in [2.75, 3.05) is 19.8 Å². The summed E-state index contributed by atoms with van der Waals surface area (Å²) >= 11 is 0. The molecule has 7 unspecified atom stereocenters. The zero-order chi connectivity index (χ0) is 66.5. The summed E-state index contributed by atoms with van der Waals surface area (Å²) in [5, 5.41) is 54.3. The number of amides is 1. The molecule has 542 valence electrons. The third-order valence-electron chi connectivity index (χ3n) is 19.2. The van der Waals surface area contributed by atoms with E-state index in [0.29, 0.717) is 19.4 Å². The van der Waals surface area contributed by atoms with Gasteiger partial charge in [-0.15, -0.1) is 0 Å². The fourth-order valence-electron chi connectivity index (χ4n) is 12.9. The first kappa shape index (κ1) is 87.9. The first-order valence-electron chi connectivity index (χ1n) is 40.3. The Hall–Kier alpha value is -2.12. The topological polar surface area (TPSA) is 175 Å². The van der Waals surface area contributed by atoms with Crippen LogP contribution in [0.25, 0.3) is 0 Å². The quantitative estimate of drug-likeness (QED) is 0.0195. The van der Waals surface area contributed by atoms with Gasteiger partial charge in [0.25, 0.3) is 0 Å². The van der Waals surface area contributed by atoms with Gasteiger partial charge >= 0.3 is 5.97 Å². The van der Waals surface area contributed by atoms with Gasteiger partial charge in [0.15, 0.2) is 6.29 Å². The highest BCUT2D eigenvalue weighted by Crippen LogP contribution is 2.24. The lowest BCUT2D eigenvalue weighted by molar-refractivity contribution is -0.302. The van der Waals surface area contributed by atoms with E-state index in [0.717, 1.165) is 57.8 Å². The largest absolute Gasteiger partial charge is 0.466 e. The van der Waals surface area contributed by atoms with E-state index in [1.54, 1.807) is 6.08 Å². The molecular formula is C81H153NO10. The number of ether oxygens (including phenoxy) is 3. The van der Waals surface area contributed by atoms with E-state index < -0.39 is 49.5 Å². The van der Waals surface area contributed by atoms with Gasteiger partial charge in [-0.3, -0.25) is 9.59 Å². The zero-order valence-electron chi connectivity index (χ0n) is 60.5. The minimum atomic E-state index is -1.57. The molecule has 1 aliphatic rings. The van der Waals surface area contributed by atoms with E-state index in [9.17, 15) is 35.1 Å². The molecule has 0 aromatic carbocycles. The Labute approximate surface area is 568 Å². The molecule has 1 saturated heterocycles. The molecule has 11 heteroatoms. The van der Waals surface area contributed by atoms with Crippen molar-refractivity contribution in [1.29, 1.82) is 0 Å². The van der Waals surface area contributed by atoms with Gasteiger partial charge in [0.1, 0.15) is 24.4 Å². The predicted octanol–water partition coefficient (Wildman–Crippen LogP) is 21.7. The number of aliphatic hydroxyl groups excluding tert-OH is 5. The van der Waals surface area contributed by atoms with Crippen LogP contribution < -0.4 is 5.32 Å². The van der Waals surface area contributed by atoms with Gasteiger partial charge in [0.2, 0.25) is 5.91 Å². The maximum atomic E-state index is 13.0. The van der Waals surface area contributed by atoms with Gasteiger partial charge in [-0.05, 0) is 83.5 Å². The smallest absolute Gasteiger partial charge is 0.305 e. The van der Waals surface area contributed by atoms with Crippen LogP contribution in [0.1, 0.15) is 406 Å². The number of carbonyl (C=O) groups excluding carboxylic acids is 2. The molecule has 1 amide bonds. The molecule has 1 fully saturated rings. The Morgan fingerprint density at radius 3 is 1.04 bits per heavy atom. The van der Waals surface area contributed by atoms with Crippen molar-refractivity contribution in [1.82, 2.24) is 5.32 Å². The molecule has 0 spiro atoms. The number of carbonyl (C=O) groups is 2. The van der Waals surface area contributed by atoms with Crippen molar-refractivity contribution < 1.29 is 49.3 Å². The lowest BCUT2D eigenvalue weighted by Crippen LogP contribution is -2.60. The summed E-state index contributed by atoms with van der Waals surface area (Å²) in [5.41, 5.74) is 0. The Morgan fingerprint density at radius 2 is 0.696 bits per heavy atom. The first-order valence-corrected chi connectivity index (χ1v) is 40.3. The van der Waals surface area contributed by atoms with Crippen molar-refractivity contribution >= 4 is 11.9 Å². The van der Waals surface area contributed by atoms with Crippen LogP contribution in [-0.4, -0.2) is 100 Å². The second kappa shape index (κ2) is 70.2. The number of rotatable bonds is 72. The average molecular weight is 1300 g/mol. The molecule has 0 radical (unpaired) electrons. The molecule has 0 aromatic rings. The molecule has 6 N–H and O–H groups in total. The zero-order valence-corrected chi connectivity index (χ0v) is 60.5. The number of unbranched alkanes of at least 4 members (excludes halogenated alkanes) is 54. The second-order valence-corrected chi connectivity index (χ2v) is 28.1. The maximum Gasteiger partial charge on any atom is 0.305 e. The van der Waals surface area contributed by atoms with Gasteiger partial charge in [-0.2, -0.15) is 0 Å². The average Bonchev–Trinajstić information content (AvgIpc) is 1.07. The predicted molar refractivity (Wildman–Crippen MR) is 389 cm³/mol. The molecule has 1 rings (SSSR count). The summed E-state index contributed by atoms with van der Waals surface area (Å²) < 4.78 is 16.7. The van der Waals surface area contributed by atoms with E-state index >= 15 is 0 Å². The molecule has 7 atom stereocenters. The maximum absolute atomic E-state index is 13.0. The number of nitrogens with one attached hydrogen (secondary N) is 1. The first-order chi connectivity index (χ1) is 45.2. The molecule has 11 nitrogen and oxygen atoms in total. The van der Waals surface area contributed by atoms with Crippen molar-refractivity contribution in [2.45, 2.75) is 448 Å². The SMILES string of the molecule is CCCCCCCCC/C=C\CCCCCCCCCC(=O)OCCCCCCCCCCCCCCCCCC/C=C\CCCCCCCCCCCCCCCCCCCC(=O)NC(COC1OC(CO)C(O)C(O)C1O)C(O)/C=C/CCCCCCCCC. The fraction of sp³-hybridized carbons (Fsp3) is 0.901. The molecule has 0 bridgehead atoms. The fourth-order valence-corrected chi connectivity index (χ4v) is 12.9. The van der Waals surface area contributed by atoms with E-state index in [1.165, 1.54) is 321 Å². The number of hydrogen-bond donors (Lipinski definition) is 6. The molecule has 1 aliphatic heterocycles. The highest BCUT2D eigenvalue weighted by Gasteiger charge is 2.44. The van der Waals surface area contributed by atoms with Gasteiger partial charge in [0, 0.05) is 12.8 Å². The van der Waals surface area contributed by atoms with Crippen LogP contribution in [0.2, 0.25) is 0 Å². The number of hydrogen-bond acceptors (Lipinski definition) is 10. The summed E-state index contributed by atoms with van der Waals surface area (Å²) in [7, 11) is 0. The highest BCUT2D eigenvalue weighted by atomic mass is 16.7. The molecule has 0 aromatic heterocycles. The van der Waals surface area contributed by atoms with Crippen molar-refractivity contribution in [3.8, 4) is 0 Å². The van der Waals surface area contributed by atoms with Crippen molar-refractivity contribution in [3.05, 3.63) is 36.5 Å². The van der Waals surface area contributed by atoms with Gasteiger partial charge < -0.3 is 45.1 Å². The molecule has 92 heavy (non-hydrogen) atoms. The van der Waals surface area contributed by atoms with E-state index in [2.05, 4.69) is 43.5 Å². The Balaban J connectivity index is 1.84. The van der Waals surface area contributed by atoms with Gasteiger partial charge in [0.05, 0.1) is 32.0 Å². The lowest BCUT2D eigenvalue weighted by Gasteiger charge is -2.40. The molecule has 0 aliphatic carbocycles. The number of allylic oxidation sites excluding steroid dienone is 5. The van der Waals surface area contributed by atoms with Crippen LogP contribution in [0.5, 0.6) is 0 Å². The standard InChI is InChI=1S/C81H153NO10/c1-3-5-7-9-11-13-14-15-16-17-40-43-46-49-53-57-61-65-69-77(86)90-70-66-62-58-54-50-47-44-41-38-36-34-32-30-28-26-24-22-20-18-19-21-23-25-27-29-31-33-35-37-39-42-45-48-52-56-60-64-68-76(85)82-73(74(84)67-63-59-55-51-12-10-8-6-4-2)72-91-81-80(89)79(88)78(87)75(71-83)92-81/h16-18,20,63,67,73-75,78-81,83-84,87-89H,3-15,19,21-62,64-66,68-72H2,1-2H3,(H,82,85)/b17-16-,20-18-,67-63+. The van der Waals surface area contributed by atoms with Gasteiger partial charge in [-0.25, -0.2) is 0 Å². The Bertz CT molecular complexity index is 1620. The molecular weight excluding hydrogens is 1150 g/mol. The van der Waals surface area contributed by atoms with Crippen molar-refractivity contribution in [3.63, 3.8) is 0 Å². The molecule has 0 saturated carbocycles.